The second kappa shape index (κ2) is 10.4. The molecule has 1 saturated heterocycles. The fourth-order valence-electron chi connectivity index (χ4n) is 4.95. The highest BCUT2D eigenvalue weighted by molar-refractivity contribution is 6.24. The molecule has 184 valence electrons. The molecule has 3 aromatic carbocycles. The number of carbonyl (C=O) groups is 1. The molecule has 2 heterocycles. The van der Waals surface area contributed by atoms with Crippen molar-refractivity contribution in [3.05, 3.63) is 99.1 Å². The lowest BCUT2D eigenvalue weighted by Gasteiger charge is -2.16. The van der Waals surface area contributed by atoms with Crippen LogP contribution in [0.4, 0.5) is 17.1 Å². The molecule has 1 amide bonds. The standard InChI is InChI=1S/C28H29N5O3/c29-14-13-19-3-7-21(8-4-19)27(26-24-17-23(33(35)36)11-12-25(24)31-28(26)34)30-22-9-5-20(6-10-22)18-32-15-1-2-16-32/h3-12,17,26H,1-2,13-16,18,29H2,(H,31,34). The highest BCUT2D eigenvalue weighted by Gasteiger charge is 2.36. The van der Waals surface area contributed by atoms with Crippen LogP contribution < -0.4 is 11.1 Å². The molecule has 3 aromatic rings. The van der Waals surface area contributed by atoms with Crippen LogP contribution in [0.25, 0.3) is 0 Å². The second-order valence-corrected chi connectivity index (χ2v) is 9.33. The van der Waals surface area contributed by atoms with Crippen LogP contribution >= 0.6 is 0 Å². The number of fused-ring (bicyclic) bond motifs is 1. The van der Waals surface area contributed by atoms with Crippen molar-refractivity contribution in [2.45, 2.75) is 31.7 Å². The number of nitrogens with zero attached hydrogens (tertiary/aromatic N) is 3. The van der Waals surface area contributed by atoms with Crippen molar-refractivity contribution in [2.75, 3.05) is 25.0 Å². The minimum atomic E-state index is -0.760. The van der Waals surface area contributed by atoms with Crippen LogP contribution in [0.1, 0.15) is 41.0 Å². The molecule has 0 aliphatic carbocycles. The van der Waals surface area contributed by atoms with Gasteiger partial charge in [-0.05, 0) is 73.8 Å². The third-order valence-corrected chi connectivity index (χ3v) is 6.82. The molecule has 2 aliphatic rings. The second-order valence-electron chi connectivity index (χ2n) is 9.33. The fraction of sp³-hybridized carbons (Fsp3) is 0.286. The molecule has 8 nitrogen and oxygen atoms in total. The molecule has 1 atom stereocenters. The Labute approximate surface area is 210 Å². The molecule has 0 bridgehead atoms. The first-order valence-electron chi connectivity index (χ1n) is 12.3. The third-order valence-electron chi connectivity index (χ3n) is 6.82. The van der Waals surface area contributed by atoms with E-state index in [0.717, 1.165) is 42.9 Å². The Morgan fingerprint density at radius 2 is 1.72 bits per heavy atom. The summed E-state index contributed by atoms with van der Waals surface area (Å²) in [6, 6.07) is 20.4. The number of aliphatic imine (C=N–C) groups is 1. The molecule has 0 spiro atoms. The summed E-state index contributed by atoms with van der Waals surface area (Å²) in [5, 5.41) is 14.3. The number of nitro benzene ring substituents is 1. The summed E-state index contributed by atoms with van der Waals surface area (Å²) in [6.45, 7) is 3.73. The predicted molar refractivity (Wildman–Crippen MR) is 141 cm³/mol. The molecular weight excluding hydrogens is 454 g/mol. The minimum Gasteiger partial charge on any atom is -0.330 e. The van der Waals surface area contributed by atoms with Crippen molar-refractivity contribution < 1.29 is 9.72 Å². The van der Waals surface area contributed by atoms with Crippen molar-refractivity contribution in [2.24, 2.45) is 10.7 Å². The number of benzene rings is 3. The summed E-state index contributed by atoms with van der Waals surface area (Å²) in [6.07, 6.45) is 3.25. The van der Waals surface area contributed by atoms with Gasteiger partial charge in [0, 0.05) is 29.9 Å². The number of nitrogens with one attached hydrogen (secondary N) is 1. The lowest BCUT2D eigenvalue weighted by Crippen LogP contribution is -2.22. The maximum atomic E-state index is 13.2. The number of carbonyl (C=O) groups excluding carboxylic acids is 1. The average molecular weight is 484 g/mol. The first-order valence-corrected chi connectivity index (χ1v) is 12.3. The van der Waals surface area contributed by atoms with Crippen LogP contribution in [0.5, 0.6) is 0 Å². The molecular formula is C28H29N5O3. The summed E-state index contributed by atoms with van der Waals surface area (Å²) in [4.78, 5) is 31.5. The van der Waals surface area contributed by atoms with Gasteiger partial charge in [0.2, 0.25) is 5.91 Å². The Morgan fingerprint density at radius 3 is 2.39 bits per heavy atom. The number of nitro groups is 1. The van der Waals surface area contributed by atoms with Crippen LogP contribution in [0.15, 0.2) is 71.7 Å². The van der Waals surface area contributed by atoms with Gasteiger partial charge in [0.05, 0.1) is 16.3 Å². The Morgan fingerprint density at radius 1 is 1.03 bits per heavy atom. The molecule has 2 aliphatic heterocycles. The Bertz CT molecular complexity index is 1300. The van der Waals surface area contributed by atoms with Crippen LogP contribution in [0, 0.1) is 10.1 Å². The van der Waals surface area contributed by atoms with Crippen LogP contribution in [0.2, 0.25) is 0 Å². The van der Waals surface area contributed by atoms with Crippen LogP contribution in [0.3, 0.4) is 0 Å². The zero-order valence-electron chi connectivity index (χ0n) is 20.0. The average Bonchev–Trinajstić information content (AvgIpc) is 3.51. The normalized spacial score (nSPS) is 17.8. The highest BCUT2D eigenvalue weighted by Crippen LogP contribution is 2.38. The van der Waals surface area contributed by atoms with Gasteiger partial charge in [-0.15, -0.1) is 0 Å². The number of hydrogen-bond donors (Lipinski definition) is 2. The molecule has 0 saturated carbocycles. The first-order chi connectivity index (χ1) is 17.5. The smallest absolute Gasteiger partial charge is 0.269 e. The van der Waals surface area contributed by atoms with Gasteiger partial charge in [0.25, 0.3) is 5.69 Å². The molecule has 3 N–H and O–H groups in total. The van der Waals surface area contributed by atoms with Crippen molar-refractivity contribution in [1.82, 2.24) is 4.90 Å². The maximum Gasteiger partial charge on any atom is 0.269 e. The molecule has 1 fully saturated rings. The van der Waals surface area contributed by atoms with E-state index in [1.165, 1.54) is 30.5 Å². The fourth-order valence-corrected chi connectivity index (χ4v) is 4.95. The van der Waals surface area contributed by atoms with E-state index in [1.807, 2.05) is 36.4 Å². The summed E-state index contributed by atoms with van der Waals surface area (Å²) in [5.41, 5.74) is 11.2. The van der Waals surface area contributed by atoms with Gasteiger partial charge in [0.15, 0.2) is 0 Å². The first kappa shape index (κ1) is 23.8. The molecule has 36 heavy (non-hydrogen) atoms. The maximum absolute atomic E-state index is 13.2. The quantitative estimate of drug-likeness (QED) is 0.277. The van der Waals surface area contributed by atoms with Crippen LogP contribution in [-0.4, -0.2) is 41.1 Å². The van der Waals surface area contributed by atoms with E-state index in [2.05, 4.69) is 22.3 Å². The van der Waals surface area contributed by atoms with Crippen molar-refractivity contribution in [3.8, 4) is 0 Å². The monoisotopic (exact) mass is 483 g/mol. The van der Waals surface area contributed by atoms with Gasteiger partial charge in [-0.3, -0.25) is 24.8 Å². The van der Waals surface area contributed by atoms with Crippen LogP contribution in [-0.2, 0) is 17.8 Å². The van der Waals surface area contributed by atoms with E-state index >= 15 is 0 Å². The number of anilines is 1. The summed E-state index contributed by atoms with van der Waals surface area (Å²) in [5.74, 6) is -1.01. The van der Waals surface area contributed by atoms with E-state index in [4.69, 9.17) is 10.7 Å². The molecule has 8 heteroatoms. The van der Waals surface area contributed by atoms with Crippen molar-refractivity contribution >= 4 is 28.7 Å². The van der Waals surface area contributed by atoms with E-state index in [9.17, 15) is 14.9 Å². The van der Waals surface area contributed by atoms with Gasteiger partial charge in [-0.25, -0.2) is 0 Å². The minimum absolute atomic E-state index is 0.0563. The zero-order valence-corrected chi connectivity index (χ0v) is 20.0. The van der Waals surface area contributed by atoms with Gasteiger partial charge in [0.1, 0.15) is 5.92 Å². The number of amides is 1. The van der Waals surface area contributed by atoms with Gasteiger partial charge < -0.3 is 11.1 Å². The largest absolute Gasteiger partial charge is 0.330 e. The Balaban J connectivity index is 1.53. The Hall–Kier alpha value is -3.88. The van der Waals surface area contributed by atoms with E-state index in [1.54, 1.807) is 6.07 Å². The number of hydrogen-bond acceptors (Lipinski definition) is 6. The summed E-state index contributed by atoms with van der Waals surface area (Å²) < 4.78 is 0. The summed E-state index contributed by atoms with van der Waals surface area (Å²) >= 11 is 0. The molecule has 1 unspecified atom stereocenters. The lowest BCUT2D eigenvalue weighted by molar-refractivity contribution is -0.384. The third kappa shape index (κ3) is 5.05. The molecule has 5 rings (SSSR count). The van der Waals surface area contributed by atoms with Crippen molar-refractivity contribution in [3.63, 3.8) is 0 Å². The lowest BCUT2D eigenvalue weighted by atomic mass is 9.90. The zero-order chi connectivity index (χ0) is 25.1. The van der Waals surface area contributed by atoms with Crippen molar-refractivity contribution in [1.29, 1.82) is 0 Å². The number of nitrogens with two attached hydrogens (primary N) is 1. The number of non-ortho nitro benzene ring substituents is 1. The molecule has 0 radical (unpaired) electrons. The van der Waals surface area contributed by atoms with E-state index < -0.39 is 10.8 Å². The van der Waals surface area contributed by atoms with E-state index in [0.29, 0.717) is 23.5 Å². The SMILES string of the molecule is NCCc1ccc(C(=Nc2ccc(CN3CCCC3)cc2)C2C(=O)Nc3ccc([N+](=O)[O-])cc32)cc1. The van der Waals surface area contributed by atoms with Gasteiger partial charge >= 0.3 is 0 Å². The predicted octanol–water partition coefficient (Wildman–Crippen LogP) is 4.55. The number of likely N-dealkylation sites (tertiary alicyclic amines) is 1. The molecule has 0 aromatic heterocycles. The van der Waals surface area contributed by atoms with Gasteiger partial charge in [-0.2, -0.15) is 0 Å². The summed E-state index contributed by atoms with van der Waals surface area (Å²) in [7, 11) is 0. The topological polar surface area (TPSA) is 114 Å². The number of rotatable bonds is 8. The Kier molecular flexibility index (Phi) is 6.88. The van der Waals surface area contributed by atoms with E-state index in [-0.39, 0.29) is 11.6 Å². The highest BCUT2D eigenvalue weighted by atomic mass is 16.6. The van der Waals surface area contributed by atoms with Gasteiger partial charge in [-0.1, -0.05) is 36.4 Å².